The van der Waals surface area contributed by atoms with E-state index in [4.69, 9.17) is 29.5 Å². The van der Waals surface area contributed by atoms with Gasteiger partial charge < -0.3 is 9.47 Å². The first-order valence-electron chi connectivity index (χ1n) is 9.79. The quantitative estimate of drug-likeness (QED) is 0.279. The van der Waals surface area contributed by atoms with E-state index in [1.807, 2.05) is 0 Å². The molecule has 2 saturated heterocycles. The number of aromatic nitrogens is 2. The van der Waals surface area contributed by atoms with Crippen molar-refractivity contribution in [1.82, 2.24) is 9.55 Å². The van der Waals surface area contributed by atoms with Crippen LogP contribution in [-0.2, 0) is 32.4 Å². The van der Waals surface area contributed by atoms with Crippen molar-refractivity contribution >= 4 is 13.8 Å². The second-order valence-electron chi connectivity index (χ2n) is 7.72. The molecular formula is C19H25N2O9P. The van der Waals surface area contributed by atoms with Gasteiger partial charge in [-0.05, 0) is 27.2 Å². The lowest BCUT2D eigenvalue weighted by molar-refractivity contribution is -0.147. The summed E-state index contributed by atoms with van der Waals surface area (Å²) >= 11 is 0. The highest BCUT2D eigenvalue weighted by atomic mass is 31.2. The molecule has 0 saturated carbocycles. The van der Waals surface area contributed by atoms with Crippen molar-refractivity contribution in [2.24, 2.45) is 5.41 Å². The summed E-state index contributed by atoms with van der Waals surface area (Å²) in [4.78, 5) is 37.3. The van der Waals surface area contributed by atoms with Gasteiger partial charge in [-0.2, -0.15) is 0 Å². The van der Waals surface area contributed by atoms with Gasteiger partial charge in [0, 0.05) is 18.7 Å². The second kappa shape index (κ2) is 9.10. The molecule has 0 aliphatic carbocycles. The van der Waals surface area contributed by atoms with E-state index >= 15 is 0 Å². The Balaban J connectivity index is 1.69. The zero-order valence-electron chi connectivity index (χ0n) is 17.4. The minimum Gasteiger partial charge on any atom is -0.463 e. The summed E-state index contributed by atoms with van der Waals surface area (Å²) in [5.74, 6) is 2.18. The van der Waals surface area contributed by atoms with Crippen LogP contribution in [0.4, 0.5) is 0 Å². The summed E-state index contributed by atoms with van der Waals surface area (Å²) in [6, 6.07) is 1.17. The average Bonchev–Trinajstić information content (AvgIpc) is 2.97. The van der Waals surface area contributed by atoms with Crippen LogP contribution in [-0.4, -0.2) is 47.0 Å². The maximum Gasteiger partial charge on any atom is 0.475 e. The molecule has 3 heterocycles. The third-order valence-corrected chi connectivity index (χ3v) is 6.39. The Morgan fingerprint density at radius 1 is 1.48 bits per heavy atom. The fourth-order valence-corrected chi connectivity index (χ4v) is 4.96. The number of hydrogen-bond donors (Lipinski definition) is 1. The van der Waals surface area contributed by atoms with Crippen LogP contribution in [0.3, 0.4) is 0 Å². The van der Waals surface area contributed by atoms with Crippen molar-refractivity contribution in [2.45, 2.75) is 58.2 Å². The molecule has 0 aromatic carbocycles. The second-order valence-corrected chi connectivity index (χ2v) is 9.34. The molecule has 2 aliphatic rings. The van der Waals surface area contributed by atoms with Gasteiger partial charge in [0.15, 0.2) is 6.23 Å². The van der Waals surface area contributed by atoms with Crippen molar-refractivity contribution in [3.05, 3.63) is 33.1 Å². The maximum absolute atomic E-state index is 12.9. The smallest absolute Gasteiger partial charge is 0.463 e. The number of H-pyrrole nitrogens is 1. The molecule has 11 nitrogen and oxygen atoms in total. The van der Waals surface area contributed by atoms with E-state index in [9.17, 15) is 18.9 Å². The van der Waals surface area contributed by atoms with Gasteiger partial charge in [-0.3, -0.25) is 32.7 Å². The number of fused-ring (bicyclic) bond motifs is 1. The van der Waals surface area contributed by atoms with Gasteiger partial charge in [-0.1, -0.05) is 5.92 Å². The van der Waals surface area contributed by atoms with Crippen molar-refractivity contribution in [1.29, 1.82) is 0 Å². The van der Waals surface area contributed by atoms with Gasteiger partial charge in [0.05, 0.1) is 19.3 Å². The molecular weight excluding hydrogens is 431 g/mol. The summed E-state index contributed by atoms with van der Waals surface area (Å²) in [5.41, 5.74) is -2.48. The number of esters is 1. The molecule has 0 bridgehead atoms. The van der Waals surface area contributed by atoms with Crippen LogP contribution >= 0.6 is 7.82 Å². The Labute approximate surface area is 178 Å². The lowest BCUT2D eigenvalue weighted by Crippen LogP contribution is -2.43. The lowest BCUT2D eigenvalue weighted by Gasteiger charge is -2.35. The number of ether oxygens (including phenoxy) is 2. The average molecular weight is 456 g/mol. The zero-order chi connectivity index (χ0) is 22.8. The van der Waals surface area contributed by atoms with Crippen LogP contribution < -0.4 is 11.2 Å². The third kappa shape index (κ3) is 5.00. The number of aromatic amines is 1. The SMILES string of the molecule is C#C[C@]1(C)[C@@H]2O[P@@](=O)(OCCCC(=O)OC(C)C)OC[C@H]2O[C@H]1n1ccc(=O)[nH]c1=O. The van der Waals surface area contributed by atoms with Crippen molar-refractivity contribution in [3.8, 4) is 12.3 Å². The summed E-state index contributed by atoms with van der Waals surface area (Å²) in [5, 5.41) is 0. The number of terminal acetylenes is 1. The number of hydrogen-bond acceptors (Lipinski definition) is 9. The van der Waals surface area contributed by atoms with Crippen LogP contribution in [0, 0.1) is 17.8 Å². The summed E-state index contributed by atoms with van der Waals surface area (Å²) < 4.78 is 41.2. The predicted octanol–water partition coefficient (Wildman–Crippen LogP) is 1.35. The minimum absolute atomic E-state index is 0.0572. The number of nitrogens with zero attached hydrogens (tertiary/aromatic N) is 1. The van der Waals surface area contributed by atoms with E-state index in [1.54, 1.807) is 20.8 Å². The molecule has 5 atom stereocenters. The first-order valence-corrected chi connectivity index (χ1v) is 11.3. The number of rotatable bonds is 7. The van der Waals surface area contributed by atoms with Gasteiger partial charge in [0.2, 0.25) is 0 Å². The highest BCUT2D eigenvalue weighted by molar-refractivity contribution is 7.48. The molecule has 1 N–H and O–H groups in total. The van der Waals surface area contributed by atoms with Gasteiger partial charge in [0.25, 0.3) is 5.56 Å². The number of nitrogens with one attached hydrogen (secondary N) is 1. The predicted molar refractivity (Wildman–Crippen MR) is 107 cm³/mol. The zero-order valence-corrected chi connectivity index (χ0v) is 18.3. The minimum atomic E-state index is -3.97. The Kier molecular flexibility index (Phi) is 6.88. The Bertz CT molecular complexity index is 1030. The Hall–Kier alpha value is -2.22. The lowest BCUT2D eigenvalue weighted by atomic mass is 9.83. The van der Waals surface area contributed by atoms with Crippen LogP contribution in [0.25, 0.3) is 0 Å². The maximum atomic E-state index is 12.9. The van der Waals surface area contributed by atoms with Gasteiger partial charge in [-0.15, -0.1) is 6.42 Å². The van der Waals surface area contributed by atoms with E-state index in [1.165, 1.54) is 12.3 Å². The van der Waals surface area contributed by atoms with Crippen LogP contribution in [0.15, 0.2) is 21.9 Å². The Morgan fingerprint density at radius 2 is 2.23 bits per heavy atom. The normalized spacial score (nSPS) is 32.4. The highest BCUT2D eigenvalue weighted by Crippen LogP contribution is 2.60. The van der Waals surface area contributed by atoms with Crippen molar-refractivity contribution in [3.63, 3.8) is 0 Å². The largest absolute Gasteiger partial charge is 0.475 e. The van der Waals surface area contributed by atoms with Crippen molar-refractivity contribution in [2.75, 3.05) is 13.2 Å². The highest BCUT2D eigenvalue weighted by Gasteiger charge is 2.60. The van der Waals surface area contributed by atoms with E-state index < -0.39 is 42.9 Å². The molecule has 1 aromatic heterocycles. The first-order chi connectivity index (χ1) is 14.6. The molecule has 170 valence electrons. The van der Waals surface area contributed by atoms with Gasteiger partial charge in [-0.25, -0.2) is 9.36 Å². The van der Waals surface area contributed by atoms with Gasteiger partial charge >= 0.3 is 19.5 Å². The van der Waals surface area contributed by atoms with Crippen LogP contribution in [0.5, 0.6) is 0 Å². The summed E-state index contributed by atoms with van der Waals surface area (Å²) in [6.07, 6.45) is 4.55. The molecule has 0 radical (unpaired) electrons. The Morgan fingerprint density at radius 3 is 2.87 bits per heavy atom. The van der Waals surface area contributed by atoms with Crippen molar-refractivity contribution < 1.29 is 32.4 Å². The monoisotopic (exact) mass is 456 g/mol. The number of phosphoric acid groups is 1. The molecule has 2 fully saturated rings. The van der Waals surface area contributed by atoms with Gasteiger partial charge in [0.1, 0.15) is 17.6 Å². The van der Waals surface area contributed by atoms with Crippen LogP contribution in [0.1, 0.15) is 39.8 Å². The number of carbonyl (C=O) groups is 1. The molecule has 1 aromatic rings. The molecule has 0 amide bonds. The van der Waals surface area contributed by atoms with E-state index in [-0.39, 0.29) is 38.1 Å². The van der Waals surface area contributed by atoms with E-state index in [2.05, 4.69) is 10.9 Å². The fourth-order valence-electron chi connectivity index (χ4n) is 3.45. The number of carbonyl (C=O) groups excluding carboxylic acids is 1. The van der Waals surface area contributed by atoms with Crippen LogP contribution in [0.2, 0.25) is 0 Å². The fraction of sp³-hybridized carbons (Fsp3) is 0.632. The molecule has 0 unspecified atom stereocenters. The summed E-state index contributed by atoms with van der Waals surface area (Å²) in [6.45, 7) is 4.92. The summed E-state index contributed by atoms with van der Waals surface area (Å²) in [7, 11) is -3.97. The molecule has 12 heteroatoms. The molecule has 3 rings (SSSR count). The third-order valence-electron chi connectivity index (χ3n) is 4.94. The topological polar surface area (TPSA) is 135 Å². The molecule has 0 spiro atoms. The molecule has 2 aliphatic heterocycles. The molecule has 31 heavy (non-hydrogen) atoms. The van der Waals surface area contributed by atoms with E-state index in [0.717, 1.165) is 4.57 Å². The van der Waals surface area contributed by atoms with E-state index in [0.29, 0.717) is 0 Å². The number of phosphoric ester groups is 1. The first kappa shape index (κ1) is 23.4. The standard InChI is InChI=1S/C19H25N2O9P/c1-5-19(4)16-13(29-17(19)21-9-8-14(22)20-18(21)24)11-27-31(25,30-16)26-10-6-7-15(23)28-12(2)3/h1,8-9,12-13,16-17H,6-7,10-11H2,2-4H3,(H,20,22,24)/t13-,16-,17-,19-,31+/m1/s1.